The molecule has 1 saturated heterocycles. The first-order chi connectivity index (χ1) is 16.4. The zero-order valence-electron chi connectivity index (χ0n) is 18.7. The lowest BCUT2D eigenvalue weighted by Crippen LogP contribution is -2.45. The van der Waals surface area contributed by atoms with E-state index in [0.717, 1.165) is 16.3 Å². The van der Waals surface area contributed by atoms with Gasteiger partial charge in [-0.3, -0.25) is 9.59 Å². The molecule has 0 radical (unpaired) electrons. The van der Waals surface area contributed by atoms with E-state index in [9.17, 15) is 18.8 Å². The van der Waals surface area contributed by atoms with Crippen LogP contribution < -0.4 is 16.2 Å². The van der Waals surface area contributed by atoms with E-state index in [4.69, 9.17) is 4.74 Å². The highest BCUT2D eigenvalue weighted by molar-refractivity contribution is 5.99. The summed E-state index contributed by atoms with van der Waals surface area (Å²) < 4.78 is 21.2. The average molecular weight is 465 g/mol. The summed E-state index contributed by atoms with van der Waals surface area (Å²) in [5.74, 6) is -1.28. The number of amides is 3. The zero-order valence-corrected chi connectivity index (χ0v) is 18.7. The van der Waals surface area contributed by atoms with Crippen molar-refractivity contribution in [2.24, 2.45) is 0 Å². The number of ether oxygens (including phenoxy) is 1. The first-order valence-electron chi connectivity index (χ1n) is 10.7. The third kappa shape index (κ3) is 4.96. The van der Waals surface area contributed by atoms with Crippen LogP contribution in [0.4, 0.5) is 20.6 Å². The zero-order chi connectivity index (χ0) is 24.2. The van der Waals surface area contributed by atoms with Gasteiger partial charge in [-0.2, -0.15) is 9.78 Å². The minimum atomic E-state index is -0.854. The molecular formula is C24H24FN5O4. The van der Waals surface area contributed by atoms with E-state index in [0.29, 0.717) is 5.69 Å². The Labute approximate surface area is 195 Å². The van der Waals surface area contributed by atoms with Crippen molar-refractivity contribution in [2.75, 3.05) is 24.3 Å². The molecule has 10 heteroatoms. The van der Waals surface area contributed by atoms with Gasteiger partial charge < -0.3 is 20.3 Å². The van der Waals surface area contributed by atoms with Gasteiger partial charge in [0, 0.05) is 44.1 Å². The maximum atomic E-state index is 14.8. The lowest BCUT2D eigenvalue weighted by molar-refractivity contribution is -0.119. The Balaban J connectivity index is 1.50. The van der Waals surface area contributed by atoms with Gasteiger partial charge in [0.25, 0.3) is 5.56 Å². The summed E-state index contributed by atoms with van der Waals surface area (Å²) in [6.45, 7) is 2.16. The number of aryl methyl sites for hydroxylation is 1. The predicted molar refractivity (Wildman–Crippen MR) is 125 cm³/mol. The Kier molecular flexibility index (Phi) is 6.69. The fourth-order valence-electron chi connectivity index (χ4n) is 3.78. The molecule has 2 aromatic carbocycles. The van der Waals surface area contributed by atoms with Crippen molar-refractivity contribution in [1.82, 2.24) is 14.7 Å². The van der Waals surface area contributed by atoms with Gasteiger partial charge in [0.1, 0.15) is 11.9 Å². The summed E-state index contributed by atoms with van der Waals surface area (Å²) in [4.78, 5) is 39.2. The van der Waals surface area contributed by atoms with Crippen molar-refractivity contribution in [1.29, 1.82) is 0 Å². The molecule has 0 aliphatic carbocycles. The minimum absolute atomic E-state index is 0.0718. The van der Waals surface area contributed by atoms with Crippen molar-refractivity contribution in [3.8, 4) is 5.69 Å². The molecule has 176 valence electrons. The second kappa shape index (κ2) is 9.84. The molecule has 3 aromatic rings. The van der Waals surface area contributed by atoms with Crippen LogP contribution in [0.2, 0.25) is 0 Å². The van der Waals surface area contributed by atoms with Crippen LogP contribution in [0.25, 0.3) is 5.69 Å². The summed E-state index contributed by atoms with van der Waals surface area (Å²) in [7, 11) is 1.51. The molecule has 2 atom stereocenters. The van der Waals surface area contributed by atoms with Gasteiger partial charge in [0.2, 0.25) is 5.91 Å². The molecule has 1 aromatic heterocycles. The Hall–Kier alpha value is -4.05. The van der Waals surface area contributed by atoms with Crippen LogP contribution in [0.15, 0.2) is 65.6 Å². The second-order valence-corrected chi connectivity index (χ2v) is 7.98. The molecule has 0 bridgehead atoms. The highest BCUT2D eigenvalue weighted by Crippen LogP contribution is 2.24. The van der Waals surface area contributed by atoms with Crippen LogP contribution in [0.3, 0.4) is 0 Å². The molecule has 0 unspecified atom stereocenters. The van der Waals surface area contributed by atoms with Gasteiger partial charge >= 0.3 is 6.03 Å². The first-order valence-corrected chi connectivity index (χ1v) is 10.7. The van der Waals surface area contributed by atoms with E-state index in [1.165, 1.54) is 42.5 Å². The Bertz CT molecular complexity index is 1260. The maximum Gasteiger partial charge on any atom is 0.322 e. The second-order valence-electron chi connectivity index (χ2n) is 7.98. The number of carbonyl (C=O) groups is 2. The number of nitrogens with one attached hydrogen (secondary N) is 2. The van der Waals surface area contributed by atoms with Crippen molar-refractivity contribution >= 4 is 23.3 Å². The lowest BCUT2D eigenvalue weighted by Gasteiger charge is -2.24. The number of carbonyl (C=O) groups excluding carboxylic acids is 2. The SMILES string of the molecule is CO[C@@H]1C[C@H](C(=O)Nc2ccc(-n3ncccc3=O)cc2F)N(C(=O)Nc2ccc(C)cc2)C1. The molecular weight excluding hydrogens is 441 g/mol. The number of anilines is 2. The maximum absolute atomic E-state index is 14.8. The molecule has 9 nitrogen and oxygen atoms in total. The molecule has 0 saturated carbocycles. The highest BCUT2D eigenvalue weighted by atomic mass is 19.1. The summed E-state index contributed by atoms with van der Waals surface area (Å²) in [5, 5.41) is 9.25. The molecule has 1 aliphatic rings. The minimum Gasteiger partial charge on any atom is -0.380 e. The largest absolute Gasteiger partial charge is 0.380 e. The quantitative estimate of drug-likeness (QED) is 0.603. The van der Waals surface area contributed by atoms with Crippen molar-refractivity contribution in [3.63, 3.8) is 0 Å². The van der Waals surface area contributed by atoms with E-state index in [1.807, 2.05) is 19.1 Å². The number of urea groups is 1. The van der Waals surface area contributed by atoms with Crippen LogP contribution in [-0.2, 0) is 9.53 Å². The van der Waals surface area contributed by atoms with Crippen LogP contribution in [0.1, 0.15) is 12.0 Å². The van der Waals surface area contributed by atoms with Crippen molar-refractivity contribution in [3.05, 3.63) is 82.5 Å². The molecule has 2 N–H and O–H groups in total. The smallest absolute Gasteiger partial charge is 0.322 e. The number of nitrogens with zero attached hydrogens (tertiary/aromatic N) is 3. The van der Waals surface area contributed by atoms with E-state index in [2.05, 4.69) is 15.7 Å². The molecule has 4 rings (SSSR count). The number of aromatic nitrogens is 2. The Morgan fingerprint density at radius 1 is 1.12 bits per heavy atom. The van der Waals surface area contributed by atoms with Gasteiger partial charge in [-0.25, -0.2) is 9.18 Å². The number of likely N-dealkylation sites (tertiary alicyclic amines) is 1. The summed E-state index contributed by atoms with van der Waals surface area (Å²) in [6.07, 6.45) is 1.35. The monoisotopic (exact) mass is 465 g/mol. The fraction of sp³-hybridized carbons (Fsp3) is 0.250. The number of rotatable bonds is 5. The van der Waals surface area contributed by atoms with Gasteiger partial charge in [-0.15, -0.1) is 0 Å². The van der Waals surface area contributed by atoms with Gasteiger partial charge in [0.15, 0.2) is 0 Å². The van der Waals surface area contributed by atoms with E-state index < -0.39 is 29.4 Å². The Morgan fingerprint density at radius 3 is 2.56 bits per heavy atom. The fourth-order valence-corrected chi connectivity index (χ4v) is 3.78. The lowest BCUT2D eigenvalue weighted by atomic mass is 10.1. The van der Waals surface area contributed by atoms with Crippen LogP contribution >= 0.6 is 0 Å². The summed E-state index contributed by atoms with van der Waals surface area (Å²) in [5.41, 5.74) is 1.39. The van der Waals surface area contributed by atoms with E-state index in [1.54, 1.807) is 12.1 Å². The number of hydrogen-bond donors (Lipinski definition) is 2. The topological polar surface area (TPSA) is 106 Å². The van der Waals surface area contributed by atoms with E-state index >= 15 is 0 Å². The van der Waals surface area contributed by atoms with Crippen LogP contribution in [0.5, 0.6) is 0 Å². The van der Waals surface area contributed by atoms with Gasteiger partial charge in [-0.05, 0) is 37.3 Å². The van der Waals surface area contributed by atoms with Crippen molar-refractivity contribution < 1.29 is 18.7 Å². The van der Waals surface area contributed by atoms with Gasteiger partial charge in [-0.1, -0.05) is 17.7 Å². The van der Waals surface area contributed by atoms with Crippen molar-refractivity contribution in [2.45, 2.75) is 25.5 Å². The number of halogens is 1. The molecule has 1 aliphatic heterocycles. The number of benzene rings is 2. The Morgan fingerprint density at radius 2 is 1.88 bits per heavy atom. The van der Waals surface area contributed by atoms with Crippen LogP contribution in [0, 0.1) is 12.7 Å². The summed E-state index contributed by atoms with van der Waals surface area (Å²) in [6, 6.07) is 12.7. The first kappa shape index (κ1) is 23.1. The molecule has 3 amide bonds. The molecule has 2 heterocycles. The number of methoxy groups -OCH3 is 1. The predicted octanol–water partition coefficient (Wildman–Crippen LogP) is 2.94. The average Bonchev–Trinajstić information content (AvgIpc) is 3.27. The third-order valence-electron chi connectivity index (χ3n) is 5.63. The van der Waals surface area contributed by atoms with E-state index in [-0.39, 0.29) is 30.4 Å². The molecule has 1 fully saturated rings. The third-order valence-corrected chi connectivity index (χ3v) is 5.63. The molecule has 34 heavy (non-hydrogen) atoms. The number of hydrogen-bond acceptors (Lipinski definition) is 5. The van der Waals surface area contributed by atoms with Crippen LogP contribution in [-0.4, -0.2) is 52.4 Å². The van der Waals surface area contributed by atoms with Gasteiger partial charge in [0.05, 0.1) is 17.5 Å². The highest BCUT2D eigenvalue weighted by Gasteiger charge is 2.40. The summed E-state index contributed by atoms with van der Waals surface area (Å²) >= 11 is 0. The molecule has 0 spiro atoms. The normalized spacial score (nSPS) is 17.4. The standard InChI is InChI=1S/C24H24FN5O4/c1-15-5-7-16(8-6-15)27-24(33)29-14-18(34-2)13-21(29)23(32)28-20-10-9-17(12-19(20)25)30-22(31)4-3-11-26-30/h3-12,18,21H,13-14H2,1-2H3,(H,27,33)(H,28,32)/t18-,21-/m1/s1.